The van der Waals surface area contributed by atoms with Gasteiger partial charge in [-0.3, -0.25) is 10.1 Å². The molecule has 0 amide bonds. The van der Waals surface area contributed by atoms with Crippen molar-refractivity contribution in [3.05, 3.63) is 142 Å². The topological polar surface area (TPSA) is 46.4 Å². The molecule has 1 aliphatic rings. The second-order valence-electron chi connectivity index (χ2n) is 9.13. The number of rotatable bonds is 6. The number of allylic oxidation sites excluding steroid dienone is 3. The van der Waals surface area contributed by atoms with Crippen LogP contribution >= 0.6 is 0 Å². The van der Waals surface area contributed by atoms with Crippen molar-refractivity contribution >= 4 is 11.4 Å². The number of hydrogen-bond acceptors (Lipinski definition) is 3. The number of nitro groups is 1. The number of hydrogen-bond donors (Lipinski definition) is 0. The fourth-order valence-electron chi connectivity index (χ4n) is 4.70. The van der Waals surface area contributed by atoms with E-state index in [-0.39, 0.29) is 10.6 Å². The highest BCUT2D eigenvalue weighted by molar-refractivity contribution is 5.82. The van der Waals surface area contributed by atoms with E-state index in [0.29, 0.717) is 12.8 Å². The summed E-state index contributed by atoms with van der Waals surface area (Å²) in [5.41, 5.74) is 9.76. The first kappa shape index (κ1) is 23.3. The van der Waals surface area contributed by atoms with Gasteiger partial charge in [-0.25, -0.2) is 0 Å². The Morgan fingerprint density at radius 1 is 0.694 bits per heavy atom. The first-order valence-corrected chi connectivity index (χ1v) is 12.2. The standard InChI is InChI=1S/C32H28N2O2/c1-23-16-18-27(25-10-5-3-6-11-25)20-31(23)33(29-14-9-15-30(22-29)34(35)36)32-21-28(19-17-24(32)2)26-12-7-4-8-13-26/h3-8,10-14,16-22H,9,15H2,1-2H3. The molecule has 0 aromatic heterocycles. The lowest BCUT2D eigenvalue weighted by Gasteiger charge is -2.31. The van der Waals surface area contributed by atoms with Crippen LogP contribution in [0, 0.1) is 24.0 Å². The summed E-state index contributed by atoms with van der Waals surface area (Å²) in [7, 11) is 0. The van der Waals surface area contributed by atoms with E-state index < -0.39 is 0 Å². The van der Waals surface area contributed by atoms with E-state index in [1.165, 1.54) is 0 Å². The smallest absolute Gasteiger partial charge is 0.248 e. The quantitative estimate of drug-likeness (QED) is 0.208. The van der Waals surface area contributed by atoms with Gasteiger partial charge in [0.2, 0.25) is 5.70 Å². The molecular weight excluding hydrogens is 444 g/mol. The number of aryl methyl sites for hydroxylation is 2. The molecule has 0 unspecified atom stereocenters. The molecule has 4 nitrogen and oxygen atoms in total. The van der Waals surface area contributed by atoms with E-state index in [4.69, 9.17) is 0 Å². The molecular formula is C32H28N2O2. The molecule has 0 saturated heterocycles. The molecule has 4 aromatic rings. The zero-order chi connectivity index (χ0) is 25.1. The normalized spacial score (nSPS) is 13.1. The van der Waals surface area contributed by atoms with Crippen molar-refractivity contribution in [2.24, 2.45) is 0 Å². The molecule has 4 aromatic carbocycles. The summed E-state index contributed by atoms with van der Waals surface area (Å²) in [6.07, 6.45) is 4.91. The average Bonchev–Trinajstić information content (AvgIpc) is 2.92. The molecule has 0 aliphatic heterocycles. The molecule has 0 atom stereocenters. The molecule has 0 spiro atoms. The van der Waals surface area contributed by atoms with Crippen LogP contribution in [0.15, 0.2) is 121 Å². The van der Waals surface area contributed by atoms with Gasteiger partial charge in [0.05, 0.1) is 4.92 Å². The minimum absolute atomic E-state index is 0.242. The fraction of sp³-hybridized carbons (Fsp3) is 0.125. The maximum Gasteiger partial charge on any atom is 0.248 e. The molecule has 0 fully saturated rings. The van der Waals surface area contributed by atoms with E-state index in [1.54, 1.807) is 6.08 Å². The Kier molecular flexibility index (Phi) is 6.50. The van der Waals surface area contributed by atoms with Crippen LogP contribution < -0.4 is 4.90 Å². The zero-order valence-corrected chi connectivity index (χ0v) is 20.5. The van der Waals surface area contributed by atoms with Gasteiger partial charge in [0.25, 0.3) is 0 Å². The molecule has 0 heterocycles. The van der Waals surface area contributed by atoms with Crippen molar-refractivity contribution in [2.75, 3.05) is 4.90 Å². The van der Waals surface area contributed by atoms with Crippen LogP contribution in [0.3, 0.4) is 0 Å². The largest absolute Gasteiger partial charge is 0.310 e. The van der Waals surface area contributed by atoms with Crippen LogP contribution in [0.25, 0.3) is 22.3 Å². The summed E-state index contributed by atoms with van der Waals surface area (Å²) < 4.78 is 0. The van der Waals surface area contributed by atoms with Crippen LogP contribution in [0.5, 0.6) is 0 Å². The Balaban J connectivity index is 1.72. The van der Waals surface area contributed by atoms with E-state index in [9.17, 15) is 10.1 Å². The predicted molar refractivity (Wildman–Crippen MR) is 148 cm³/mol. The van der Waals surface area contributed by atoms with Gasteiger partial charge < -0.3 is 4.90 Å². The predicted octanol–water partition coefficient (Wildman–Crippen LogP) is 8.61. The Labute approximate surface area is 212 Å². The molecule has 0 N–H and O–H groups in total. The van der Waals surface area contributed by atoms with Crippen molar-refractivity contribution in [3.63, 3.8) is 0 Å². The third-order valence-corrected chi connectivity index (χ3v) is 6.68. The molecule has 178 valence electrons. The van der Waals surface area contributed by atoms with E-state index in [2.05, 4.69) is 85.5 Å². The minimum atomic E-state index is -0.258. The zero-order valence-electron chi connectivity index (χ0n) is 20.5. The van der Waals surface area contributed by atoms with Crippen molar-refractivity contribution in [1.82, 2.24) is 0 Å². The van der Waals surface area contributed by atoms with Crippen molar-refractivity contribution in [1.29, 1.82) is 0 Å². The van der Waals surface area contributed by atoms with Crippen molar-refractivity contribution in [2.45, 2.75) is 26.7 Å². The third-order valence-electron chi connectivity index (χ3n) is 6.68. The summed E-state index contributed by atoms with van der Waals surface area (Å²) in [6, 6.07) is 33.5. The molecule has 0 radical (unpaired) electrons. The second-order valence-corrected chi connectivity index (χ2v) is 9.13. The molecule has 1 aliphatic carbocycles. The summed E-state index contributed by atoms with van der Waals surface area (Å²) >= 11 is 0. The van der Waals surface area contributed by atoms with Crippen LogP contribution in [0.1, 0.15) is 24.0 Å². The summed E-state index contributed by atoms with van der Waals surface area (Å²) in [4.78, 5) is 13.6. The molecule has 0 bridgehead atoms. The van der Waals surface area contributed by atoms with Gasteiger partial charge in [-0.2, -0.15) is 0 Å². The Morgan fingerprint density at radius 2 is 1.19 bits per heavy atom. The highest BCUT2D eigenvalue weighted by Gasteiger charge is 2.24. The monoisotopic (exact) mass is 472 g/mol. The average molecular weight is 473 g/mol. The van der Waals surface area contributed by atoms with Crippen molar-refractivity contribution in [3.8, 4) is 22.3 Å². The molecule has 4 heteroatoms. The van der Waals surface area contributed by atoms with Gasteiger partial charge >= 0.3 is 0 Å². The lowest BCUT2D eigenvalue weighted by molar-refractivity contribution is -0.428. The highest BCUT2D eigenvalue weighted by atomic mass is 16.6. The van der Waals surface area contributed by atoms with Crippen LogP contribution in [0.4, 0.5) is 11.4 Å². The van der Waals surface area contributed by atoms with Crippen molar-refractivity contribution < 1.29 is 4.92 Å². The van der Waals surface area contributed by atoms with E-state index in [1.807, 2.05) is 36.4 Å². The Hall–Kier alpha value is -4.44. The second kappa shape index (κ2) is 10.0. The number of nitrogens with zero attached hydrogens (tertiary/aromatic N) is 2. The third kappa shape index (κ3) is 4.71. The summed E-state index contributed by atoms with van der Waals surface area (Å²) in [6.45, 7) is 4.18. The minimum Gasteiger partial charge on any atom is -0.310 e. The SMILES string of the molecule is Cc1ccc(-c2ccccc2)cc1N(C1=CCCC([N+](=O)[O-])=C1)c1cc(-c2ccccc2)ccc1C. The highest BCUT2D eigenvalue weighted by Crippen LogP contribution is 2.40. The van der Waals surface area contributed by atoms with Crippen LogP contribution in [-0.2, 0) is 0 Å². The Morgan fingerprint density at radius 3 is 1.67 bits per heavy atom. The summed E-state index contributed by atoms with van der Waals surface area (Å²) in [5.74, 6) is 0. The van der Waals surface area contributed by atoms with Gasteiger partial charge in [-0.15, -0.1) is 0 Å². The molecule has 5 rings (SSSR count). The lowest BCUT2D eigenvalue weighted by atomic mass is 9.98. The summed E-state index contributed by atoms with van der Waals surface area (Å²) in [5, 5.41) is 11.7. The van der Waals surface area contributed by atoms with Gasteiger partial charge in [0.15, 0.2) is 0 Å². The van der Waals surface area contributed by atoms with Gasteiger partial charge in [0.1, 0.15) is 0 Å². The van der Waals surface area contributed by atoms with Gasteiger partial charge in [-0.05, 0) is 65.8 Å². The Bertz CT molecular complexity index is 1380. The van der Waals surface area contributed by atoms with Gasteiger partial charge in [-0.1, -0.05) is 91.0 Å². The van der Waals surface area contributed by atoms with Crippen LogP contribution in [0.2, 0.25) is 0 Å². The maximum atomic E-state index is 11.7. The van der Waals surface area contributed by atoms with E-state index in [0.717, 1.165) is 50.5 Å². The molecule has 0 saturated carbocycles. The lowest BCUT2D eigenvalue weighted by Crippen LogP contribution is -2.20. The number of anilines is 2. The molecule has 36 heavy (non-hydrogen) atoms. The first-order valence-electron chi connectivity index (χ1n) is 12.2. The fourth-order valence-corrected chi connectivity index (χ4v) is 4.70. The first-order chi connectivity index (χ1) is 17.5. The van der Waals surface area contributed by atoms with E-state index >= 15 is 0 Å². The van der Waals surface area contributed by atoms with Crippen LogP contribution in [-0.4, -0.2) is 4.92 Å². The number of benzene rings is 4. The van der Waals surface area contributed by atoms with Gasteiger partial charge in [0, 0.05) is 29.6 Å². The maximum absolute atomic E-state index is 11.7.